The number of aromatic nitrogens is 2. The van der Waals surface area contributed by atoms with Crippen molar-refractivity contribution in [2.45, 2.75) is 52.4 Å². The summed E-state index contributed by atoms with van der Waals surface area (Å²) in [6, 6.07) is 7.81. The highest BCUT2D eigenvalue weighted by atomic mass is 79.9. The zero-order chi connectivity index (χ0) is 25.5. The second-order valence-corrected chi connectivity index (χ2v) is 9.81. The minimum Gasteiger partial charge on any atom is -0.368 e. The Balaban J connectivity index is 1.69. The van der Waals surface area contributed by atoms with Crippen molar-refractivity contribution < 1.29 is 18.0 Å². The van der Waals surface area contributed by atoms with Crippen LogP contribution in [0.25, 0.3) is 10.9 Å². The lowest BCUT2D eigenvalue weighted by Gasteiger charge is -2.23. The number of nitrogens with zero attached hydrogens (tertiary/aromatic N) is 3. The maximum absolute atomic E-state index is 13.4. The van der Waals surface area contributed by atoms with Gasteiger partial charge in [0, 0.05) is 35.9 Å². The van der Waals surface area contributed by atoms with Crippen LogP contribution in [0.15, 0.2) is 34.8 Å². The maximum atomic E-state index is 13.4. The Morgan fingerprint density at radius 3 is 2.66 bits per heavy atom. The van der Waals surface area contributed by atoms with Gasteiger partial charge in [0.05, 0.1) is 22.8 Å². The van der Waals surface area contributed by atoms with Crippen molar-refractivity contribution in [1.82, 2.24) is 15.3 Å². The van der Waals surface area contributed by atoms with Crippen LogP contribution in [0.1, 0.15) is 48.8 Å². The Hall–Kier alpha value is -2.88. The van der Waals surface area contributed by atoms with Crippen LogP contribution >= 0.6 is 15.9 Å². The highest BCUT2D eigenvalue weighted by Gasteiger charge is 2.33. The number of fused-ring (bicyclic) bond motifs is 1. The molecular weight excluding hydrogens is 523 g/mol. The molecule has 0 bridgehead atoms. The van der Waals surface area contributed by atoms with Crippen LogP contribution in [0, 0.1) is 13.8 Å². The quantitative estimate of drug-likeness (QED) is 0.413. The highest BCUT2D eigenvalue weighted by molar-refractivity contribution is 9.10. The van der Waals surface area contributed by atoms with Gasteiger partial charge in [-0.15, -0.1) is 0 Å². The summed E-state index contributed by atoms with van der Waals surface area (Å²) in [6.07, 6.45) is -3.57. The van der Waals surface area contributed by atoms with Crippen LogP contribution in [-0.2, 0) is 11.0 Å². The summed E-state index contributed by atoms with van der Waals surface area (Å²) in [4.78, 5) is 22.8. The van der Waals surface area contributed by atoms with Crippen molar-refractivity contribution in [3.63, 3.8) is 0 Å². The topological polar surface area (TPSA) is 70.2 Å². The molecule has 0 spiro atoms. The monoisotopic (exact) mass is 549 g/mol. The fourth-order valence-corrected chi connectivity index (χ4v) is 5.29. The molecule has 1 aromatic heterocycles. The van der Waals surface area contributed by atoms with Gasteiger partial charge in [0.2, 0.25) is 5.91 Å². The second-order valence-electron chi connectivity index (χ2n) is 8.96. The molecule has 0 aliphatic carbocycles. The molecule has 2 heterocycles. The number of hydrogen-bond acceptors (Lipinski definition) is 5. The number of halogens is 4. The van der Waals surface area contributed by atoms with E-state index in [2.05, 4.69) is 41.4 Å². The summed E-state index contributed by atoms with van der Waals surface area (Å²) in [6.45, 7) is 8.08. The molecule has 2 atom stereocenters. The first-order valence-corrected chi connectivity index (χ1v) is 12.2. The molecule has 35 heavy (non-hydrogen) atoms. The second kappa shape index (κ2) is 9.64. The van der Waals surface area contributed by atoms with Gasteiger partial charge in [-0.25, -0.2) is 9.97 Å². The van der Waals surface area contributed by atoms with Crippen LogP contribution in [0.2, 0.25) is 0 Å². The third-order valence-corrected chi connectivity index (χ3v) is 6.95. The molecule has 2 aromatic carbocycles. The van der Waals surface area contributed by atoms with E-state index in [-0.39, 0.29) is 17.5 Å². The van der Waals surface area contributed by atoms with Crippen molar-refractivity contribution in [2.24, 2.45) is 0 Å². The highest BCUT2D eigenvalue weighted by Crippen LogP contribution is 2.38. The number of carbonyl (C=O) groups is 1. The SMILES string of the molecule is CC(=O)N[C@H]1CCN(c2cc3c(NC(C)c4cccc(C(F)(F)F)c4C)nc(C)nc3cc2Br)C1. The first-order valence-electron chi connectivity index (χ1n) is 11.4. The van der Waals surface area contributed by atoms with Gasteiger partial charge in [-0.3, -0.25) is 4.79 Å². The van der Waals surface area contributed by atoms with E-state index in [1.54, 1.807) is 13.0 Å². The molecule has 4 rings (SSSR count). The number of anilines is 2. The molecule has 10 heteroatoms. The van der Waals surface area contributed by atoms with Crippen LogP contribution in [0.5, 0.6) is 0 Å². The molecule has 186 valence electrons. The van der Waals surface area contributed by atoms with Crippen molar-refractivity contribution >= 4 is 44.2 Å². The zero-order valence-corrected chi connectivity index (χ0v) is 21.5. The molecule has 1 unspecified atom stereocenters. The smallest absolute Gasteiger partial charge is 0.368 e. The molecule has 1 aliphatic heterocycles. The number of alkyl halides is 3. The number of carbonyl (C=O) groups excluding carboxylic acids is 1. The first-order chi connectivity index (χ1) is 16.4. The largest absolute Gasteiger partial charge is 0.416 e. The van der Waals surface area contributed by atoms with Gasteiger partial charge in [-0.05, 0) is 72.4 Å². The Labute approximate surface area is 210 Å². The van der Waals surface area contributed by atoms with Gasteiger partial charge in [0.25, 0.3) is 0 Å². The summed E-state index contributed by atoms with van der Waals surface area (Å²) in [7, 11) is 0. The first kappa shape index (κ1) is 25.2. The number of hydrogen-bond donors (Lipinski definition) is 2. The number of amides is 1. The van der Waals surface area contributed by atoms with Gasteiger partial charge in [0.15, 0.2) is 0 Å². The van der Waals surface area contributed by atoms with Crippen molar-refractivity contribution in [3.05, 3.63) is 57.3 Å². The lowest BCUT2D eigenvalue weighted by Crippen LogP contribution is -2.35. The average Bonchev–Trinajstić information content (AvgIpc) is 3.19. The van der Waals surface area contributed by atoms with E-state index in [9.17, 15) is 18.0 Å². The summed E-state index contributed by atoms with van der Waals surface area (Å²) in [5.41, 5.74) is 1.78. The molecule has 0 saturated carbocycles. The fourth-order valence-electron chi connectivity index (χ4n) is 4.70. The van der Waals surface area contributed by atoms with Crippen LogP contribution in [0.3, 0.4) is 0 Å². The molecule has 2 N–H and O–H groups in total. The number of nitrogens with one attached hydrogen (secondary N) is 2. The fraction of sp³-hybridized carbons (Fsp3) is 0.400. The number of benzene rings is 2. The van der Waals surface area contributed by atoms with Crippen LogP contribution in [0.4, 0.5) is 24.7 Å². The van der Waals surface area contributed by atoms with E-state index >= 15 is 0 Å². The Morgan fingerprint density at radius 1 is 1.23 bits per heavy atom. The van der Waals surface area contributed by atoms with Gasteiger partial charge < -0.3 is 15.5 Å². The van der Waals surface area contributed by atoms with Gasteiger partial charge in [0.1, 0.15) is 11.6 Å². The summed E-state index contributed by atoms with van der Waals surface area (Å²) in [5.74, 6) is 1.06. The summed E-state index contributed by atoms with van der Waals surface area (Å²) < 4.78 is 41.2. The number of rotatable bonds is 5. The van der Waals surface area contributed by atoms with E-state index in [1.807, 2.05) is 19.1 Å². The van der Waals surface area contributed by atoms with E-state index in [1.165, 1.54) is 19.9 Å². The summed E-state index contributed by atoms with van der Waals surface area (Å²) >= 11 is 3.65. The third-order valence-electron chi connectivity index (χ3n) is 6.31. The van der Waals surface area contributed by atoms with Crippen LogP contribution in [-0.4, -0.2) is 35.0 Å². The predicted octanol–water partition coefficient (Wildman–Crippen LogP) is 5.92. The molecule has 1 saturated heterocycles. The van der Waals surface area contributed by atoms with Crippen molar-refractivity contribution in [2.75, 3.05) is 23.3 Å². The van der Waals surface area contributed by atoms with E-state index in [0.29, 0.717) is 23.8 Å². The summed E-state index contributed by atoms with van der Waals surface area (Å²) in [5, 5.41) is 7.06. The van der Waals surface area contributed by atoms with Gasteiger partial charge in [-0.1, -0.05) is 12.1 Å². The molecule has 3 aromatic rings. The Morgan fingerprint density at radius 2 is 1.97 bits per heavy atom. The molecule has 1 aliphatic rings. The standard InChI is InChI=1S/C25H27BrF3N5O/c1-13-18(6-5-7-20(13)25(27,28)29)14(2)30-24-19-10-23(21(26)11-22(19)31-15(3)32-24)34-9-8-17(12-34)33-16(4)35/h5-7,10-11,14,17H,8-9,12H2,1-4H3,(H,33,35)(H,30,31,32)/t14?,17-/m0/s1. The van der Waals surface area contributed by atoms with Gasteiger partial charge in [-0.2, -0.15) is 13.2 Å². The molecule has 0 radical (unpaired) electrons. The predicted molar refractivity (Wildman–Crippen MR) is 135 cm³/mol. The molecule has 1 amide bonds. The maximum Gasteiger partial charge on any atom is 0.416 e. The Kier molecular flexibility index (Phi) is 6.95. The van der Waals surface area contributed by atoms with E-state index in [0.717, 1.165) is 40.1 Å². The van der Waals surface area contributed by atoms with E-state index < -0.39 is 17.8 Å². The number of aryl methyl sites for hydroxylation is 1. The van der Waals surface area contributed by atoms with Crippen molar-refractivity contribution in [1.29, 1.82) is 0 Å². The normalized spacial score (nSPS) is 17.0. The van der Waals surface area contributed by atoms with Crippen molar-refractivity contribution in [3.8, 4) is 0 Å². The third kappa shape index (κ3) is 5.37. The van der Waals surface area contributed by atoms with E-state index in [4.69, 9.17) is 0 Å². The average molecular weight is 550 g/mol. The van der Waals surface area contributed by atoms with Crippen LogP contribution < -0.4 is 15.5 Å². The molecule has 1 fully saturated rings. The minimum atomic E-state index is -4.41. The lowest BCUT2D eigenvalue weighted by molar-refractivity contribution is -0.138. The van der Waals surface area contributed by atoms with Gasteiger partial charge >= 0.3 is 6.18 Å². The molecule has 6 nitrogen and oxygen atoms in total. The molecular formula is C25H27BrF3N5O. The Bertz CT molecular complexity index is 1280. The lowest BCUT2D eigenvalue weighted by atomic mass is 9.97. The minimum absolute atomic E-state index is 0.0522. The zero-order valence-electron chi connectivity index (χ0n) is 19.9.